The van der Waals surface area contributed by atoms with Crippen LogP contribution in [0.15, 0.2) is 73.3 Å². The van der Waals surface area contributed by atoms with E-state index in [4.69, 9.17) is 19.9 Å². The van der Waals surface area contributed by atoms with E-state index >= 15 is 0 Å². The van der Waals surface area contributed by atoms with Gasteiger partial charge in [0.05, 0.1) is 0 Å². The van der Waals surface area contributed by atoms with Gasteiger partial charge in [-0.2, -0.15) is 0 Å². The summed E-state index contributed by atoms with van der Waals surface area (Å²) in [5.74, 6) is 0.371. The second-order valence-corrected chi connectivity index (χ2v) is 11.1. The molecule has 6 rings (SSSR count). The molecule has 174 valence electrons. The molecule has 0 unspecified atom stereocenters. The van der Waals surface area contributed by atoms with Gasteiger partial charge < -0.3 is 0 Å². The van der Waals surface area contributed by atoms with Gasteiger partial charge >= 0.3 is 204 Å². The number of benzene rings is 2. The summed E-state index contributed by atoms with van der Waals surface area (Å²) in [5.41, 5.74) is 9.08. The Morgan fingerprint density at radius 1 is 1.00 bits per heavy atom. The number of imidazole rings is 1. The third kappa shape index (κ3) is 3.89. The summed E-state index contributed by atoms with van der Waals surface area (Å²) in [7, 11) is 0. The van der Waals surface area contributed by atoms with Crippen molar-refractivity contribution < 1.29 is 14.2 Å². The van der Waals surface area contributed by atoms with Gasteiger partial charge in [-0.3, -0.25) is 0 Å². The number of fused-ring (bicyclic) bond motifs is 3. The van der Waals surface area contributed by atoms with Gasteiger partial charge in [-0.05, 0) is 0 Å². The van der Waals surface area contributed by atoms with Crippen molar-refractivity contribution in [2.45, 2.75) is 41.3 Å². The van der Waals surface area contributed by atoms with Gasteiger partial charge in [-0.15, -0.1) is 0 Å². The zero-order valence-electron chi connectivity index (χ0n) is 18.5. The van der Waals surface area contributed by atoms with Crippen LogP contribution >= 0.6 is 0 Å². The van der Waals surface area contributed by atoms with Crippen molar-refractivity contribution in [2.24, 2.45) is 0 Å². The molecule has 2 N–H and O–H groups in total. The van der Waals surface area contributed by atoms with Crippen LogP contribution in [0.1, 0.15) is 17.4 Å². The molecule has 4 aromatic rings. The maximum absolute atomic E-state index is 6.77. The number of rotatable bonds is 8. The Balaban J connectivity index is 1.27. The van der Waals surface area contributed by atoms with Crippen LogP contribution in [0.3, 0.4) is 0 Å². The van der Waals surface area contributed by atoms with Gasteiger partial charge in [0.25, 0.3) is 0 Å². The van der Waals surface area contributed by atoms with Crippen LogP contribution in [0.4, 0.5) is 5.82 Å². The number of hydrogen-bond acceptors (Lipinski definition) is 7. The minimum absolute atomic E-state index is 0.0786. The first-order valence-corrected chi connectivity index (χ1v) is 13.4. The number of nitrogen functional groups attached to an aromatic ring is 1. The van der Waals surface area contributed by atoms with Crippen molar-refractivity contribution in [3.05, 3.63) is 84.4 Å². The Morgan fingerprint density at radius 2 is 1.74 bits per heavy atom. The summed E-state index contributed by atoms with van der Waals surface area (Å²) in [6.07, 6.45) is 2.92. The normalized spacial score (nSPS) is 25.8. The third-order valence-corrected chi connectivity index (χ3v) is 9.55. The van der Waals surface area contributed by atoms with Crippen molar-refractivity contribution in [3.63, 3.8) is 0 Å². The molecule has 2 saturated heterocycles. The quantitative estimate of drug-likeness (QED) is 0.354. The summed E-state index contributed by atoms with van der Waals surface area (Å²) >= 11 is 0.315. The molecule has 34 heavy (non-hydrogen) atoms. The summed E-state index contributed by atoms with van der Waals surface area (Å²) < 4.78 is 21.5. The Hall–Kier alpha value is -2.81. The van der Waals surface area contributed by atoms with Crippen molar-refractivity contribution in [1.29, 1.82) is 0 Å². The molecule has 0 aliphatic carbocycles. The Bertz CT molecular complexity index is 1270. The molecule has 2 aromatic heterocycles. The van der Waals surface area contributed by atoms with Gasteiger partial charge in [-0.1, -0.05) is 0 Å². The fourth-order valence-corrected chi connectivity index (χ4v) is 8.15. The second kappa shape index (κ2) is 9.09. The van der Waals surface area contributed by atoms with Crippen molar-refractivity contribution >= 4 is 31.9 Å². The summed E-state index contributed by atoms with van der Waals surface area (Å²) in [5, 5.41) is 0.944. The third-order valence-electron chi connectivity index (χ3n) is 6.37. The predicted molar refractivity (Wildman–Crippen MR) is 128 cm³/mol. The predicted octanol–water partition coefficient (Wildman–Crippen LogP) is 3.40. The van der Waals surface area contributed by atoms with Gasteiger partial charge in [0, 0.05) is 0 Å². The van der Waals surface area contributed by atoms with Crippen LogP contribution in [0.25, 0.3) is 11.2 Å². The molecule has 2 fully saturated rings. The van der Waals surface area contributed by atoms with Gasteiger partial charge in [0.1, 0.15) is 0 Å². The number of anilines is 1. The molecule has 2 bridgehead atoms. The fourth-order valence-electron chi connectivity index (χ4n) is 4.70. The van der Waals surface area contributed by atoms with E-state index in [2.05, 4.69) is 39.2 Å². The van der Waals surface area contributed by atoms with Crippen LogP contribution in [0.5, 0.6) is 0 Å². The number of nitrogens with two attached hydrogens (primary N) is 1. The first kappa shape index (κ1) is 21.7. The minimum atomic E-state index is -0.506. The van der Waals surface area contributed by atoms with Crippen molar-refractivity contribution in [1.82, 2.24) is 19.5 Å². The average Bonchev–Trinajstić information content (AvgIpc) is 3.54. The van der Waals surface area contributed by atoms with Gasteiger partial charge in [0.2, 0.25) is 0 Å². The number of nitrogens with zero attached hydrogens (tertiary/aromatic N) is 4. The maximum atomic E-state index is 6.77. The number of aromatic nitrogens is 4. The van der Waals surface area contributed by atoms with E-state index in [0.717, 1.165) is 16.4 Å². The second-order valence-electron chi connectivity index (χ2n) is 8.63. The molecule has 2 aliphatic heterocycles. The molecular weight excluding hydrogens is 497 g/mol. The summed E-state index contributed by atoms with van der Waals surface area (Å²) in [6, 6.07) is 20.5. The van der Waals surface area contributed by atoms with Gasteiger partial charge in [-0.25, -0.2) is 0 Å². The van der Waals surface area contributed by atoms with Crippen LogP contribution < -0.4 is 5.73 Å². The molecule has 0 saturated carbocycles. The zero-order chi connectivity index (χ0) is 23.0. The fraction of sp³-hybridized carbons (Fsp3) is 0.320. The SMILES string of the molecule is Nc1ncnc2c1ncn2[C@@H]1O[C@@]2(COCc3ccccc3)C[Se][C@@H]1[C@@H]2OCc1ccccc1. The van der Waals surface area contributed by atoms with E-state index < -0.39 is 5.60 Å². The monoisotopic (exact) mass is 523 g/mol. The number of ether oxygens (including phenoxy) is 3. The van der Waals surface area contributed by atoms with Crippen LogP contribution in [-0.2, 0) is 27.4 Å². The summed E-state index contributed by atoms with van der Waals surface area (Å²) in [4.78, 5) is 13.2. The number of hydrogen-bond donors (Lipinski definition) is 1. The Morgan fingerprint density at radius 3 is 2.50 bits per heavy atom. The summed E-state index contributed by atoms with van der Waals surface area (Å²) in [6.45, 7) is 1.55. The molecule has 4 atom stereocenters. The molecule has 2 aliphatic rings. The topological polar surface area (TPSA) is 97.3 Å². The van der Waals surface area contributed by atoms with Gasteiger partial charge in [0.15, 0.2) is 0 Å². The van der Waals surface area contributed by atoms with Crippen molar-refractivity contribution in [3.8, 4) is 0 Å². The Labute approximate surface area is 203 Å². The van der Waals surface area contributed by atoms with Crippen LogP contribution in [0.2, 0.25) is 10.1 Å². The average molecular weight is 522 g/mol. The van der Waals surface area contributed by atoms with E-state index in [-0.39, 0.29) is 17.1 Å². The van der Waals surface area contributed by atoms with Crippen LogP contribution in [-0.4, -0.2) is 52.8 Å². The molecule has 9 heteroatoms. The van der Waals surface area contributed by atoms with E-state index in [1.165, 1.54) is 6.33 Å². The standard InChI is InChI=1S/C25H25N5O3Se/c26-22-19-23(28-15-27-22)30(16-29-19)24-20-21(32-12-18-9-5-2-6-10-18)25(33-24,14-34-20)13-31-11-17-7-3-1-4-8-17/h1-10,15-16,20-21,24H,11-14H2,(H2,26,27,28)/t20-,21+,24-,25+/m1/s1. The van der Waals surface area contributed by atoms with E-state index in [1.54, 1.807) is 6.33 Å². The first-order chi connectivity index (χ1) is 16.7. The Kier molecular flexibility index (Phi) is 5.80. The molecule has 2 aromatic carbocycles. The van der Waals surface area contributed by atoms with Crippen LogP contribution in [0, 0.1) is 0 Å². The molecule has 0 amide bonds. The van der Waals surface area contributed by atoms with Crippen molar-refractivity contribution in [2.75, 3.05) is 12.3 Å². The van der Waals surface area contributed by atoms with E-state index in [1.807, 2.05) is 41.0 Å². The van der Waals surface area contributed by atoms with E-state index in [9.17, 15) is 0 Å². The van der Waals surface area contributed by atoms with E-state index in [0.29, 0.717) is 51.8 Å². The molecule has 4 heterocycles. The molecule has 0 spiro atoms. The first-order valence-electron chi connectivity index (χ1n) is 11.2. The molecular formula is C25H25N5O3Se. The molecule has 0 radical (unpaired) electrons. The zero-order valence-corrected chi connectivity index (χ0v) is 20.2. The molecule has 8 nitrogen and oxygen atoms in total.